The Morgan fingerprint density at radius 2 is 2.07 bits per heavy atom. The number of halogens is 2. The molecule has 0 fully saturated rings. The highest BCUT2D eigenvalue weighted by atomic mass is 35.5. The zero-order chi connectivity index (χ0) is 19.4. The van der Waals surface area contributed by atoms with Crippen molar-refractivity contribution in [3.63, 3.8) is 0 Å². The lowest BCUT2D eigenvalue weighted by Crippen LogP contribution is -2.30. The van der Waals surface area contributed by atoms with E-state index in [0.717, 1.165) is 4.88 Å². The molecule has 0 aliphatic heterocycles. The molecule has 12 heteroatoms. The summed E-state index contributed by atoms with van der Waals surface area (Å²) < 4.78 is 36.3. The molecule has 0 aliphatic rings. The minimum absolute atomic E-state index is 0.0834. The molecule has 0 saturated heterocycles. The highest BCUT2D eigenvalue weighted by molar-refractivity contribution is 7.89. The van der Waals surface area contributed by atoms with Crippen molar-refractivity contribution in [3.05, 3.63) is 51.6 Å². The first kappa shape index (κ1) is 19.8. The Kier molecular flexibility index (Phi) is 6.12. The van der Waals surface area contributed by atoms with Gasteiger partial charge in [-0.1, -0.05) is 34.4 Å². The summed E-state index contributed by atoms with van der Waals surface area (Å²) in [6, 6.07) is 7.46. The van der Waals surface area contributed by atoms with E-state index in [4.69, 9.17) is 32.5 Å². The molecule has 3 aromatic rings. The minimum atomic E-state index is -3.95. The third kappa shape index (κ3) is 5.05. The van der Waals surface area contributed by atoms with Gasteiger partial charge in [0.15, 0.2) is 6.61 Å². The molecule has 3 rings (SSSR count). The second kappa shape index (κ2) is 8.36. The van der Waals surface area contributed by atoms with Crippen LogP contribution in [-0.2, 0) is 26.2 Å². The number of carbonyl (C=O) groups excluding carboxylic acids is 1. The molecule has 8 nitrogen and oxygen atoms in total. The van der Waals surface area contributed by atoms with Crippen LogP contribution in [0.3, 0.4) is 0 Å². The Morgan fingerprint density at radius 3 is 2.78 bits per heavy atom. The van der Waals surface area contributed by atoms with E-state index in [1.54, 1.807) is 0 Å². The van der Waals surface area contributed by atoms with E-state index in [-0.39, 0.29) is 27.4 Å². The molecule has 2 heterocycles. The van der Waals surface area contributed by atoms with Gasteiger partial charge in [0, 0.05) is 0 Å². The van der Waals surface area contributed by atoms with E-state index >= 15 is 0 Å². The van der Waals surface area contributed by atoms with Crippen molar-refractivity contribution in [2.24, 2.45) is 0 Å². The van der Waals surface area contributed by atoms with Crippen LogP contribution >= 0.6 is 34.5 Å². The first-order valence-corrected chi connectivity index (χ1v) is 10.4. The number of rotatable bonds is 7. The van der Waals surface area contributed by atoms with Gasteiger partial charge >= 0.3 is 5.97 Å². The molecule has 0 radical (unpaired) electrons. The van der Waals surface area contributed by atoms with Crippen molar-refractivity contribution in [1.82, 2.24) is 14.9 Å². The SMILES string of the molecule is O=C(CNS(=O)(=O)c1ccc(Cl)c(Cl)c1)OCc1nc(-c2cccs2)no1. The maximum absolute atomic E-state index is 12.1. The Hall–Kier alpha value is -1.98. The van der Waals surface area contributed by atoms with Crippen LogP contribution in [0.4, 0.5) is 0 Å². The van der Waals surface area contributed by atoms with Gasteiger partial charge in [0.25, 0.3) is 5.89 Å². The molecule has 27 heavy (non-hydrogen) atoms. The van der Waals surface area contributed by atoms with Gasteiger partial charge in [-0.3, -0.25) is 4.79 Å². The van der Waals surface area contributed by atoms with Crippen LogP contribution in [-0.4, -0.2) is 31.1 Å². The molecule has 0 bridgehead atoms. The number of sulfonamides is 1. The lowest BCUT2D eigenvalue weighted by Gasteiger charge is -2.07. The lowest BCUT2D eigenvalue weighted by atomic mass is 10.4. The van der Waals surface area contributed by atoms with E-state index < -0.39 is 22.5 Å². The number of carbonyl (C=O) groups is 1. The van der Waals surface area contributed by atoms with E-state index in [0.29, 0.717) is 5.82 Å². The molecule has 0 saturated carbocycles. The standard InChI is InChI=1S/C15H11Cl2N3O5S2/c16-10-4-3-9(6-11(10)17)27(22,23)18-7-14(21)24-8-13-19-15(20-25-13)12-2-1-5-26-12/h1-6,18H,7-8H2. The van der Waals surface area contributed by atoms with Crippen LogP contribution < -0.4 is 4.72 Å². The van der Waals surface area contributed by atoms with Crippen LogP contribution in [0, 0.1) is 0 Å². The summed E-state index contributed by atoms with van der Waals surface area (Å²) >= 11 is 13.0. The van der Waals surface area contributed by atoms with Gasteiger partial charge < -0.3 is 9.26 Å². The van der Waals surface area contributed by atoms with Crippen LogP contribution in [0.5, 0.6) is 0 Å². The van der Waals surface area contributed by atoms with Gasteiger partial charge in [-0.2, -0.15) is 9.71 Å². The summed E-state index contributed by atoms with van der Waals surface area (Å²) in [5.74, 6) is -0.329. The molecule has 2 aromatic heterocycles. The third-order valence-electron chi connectivity index (χ3n) is 3.17. The number of benzene rings is 1. The number of esters is 1. The van der Waals surface area contributed by atoms with Gasteiger partial charge in [0.05, 0.1) is 19.8 Å². The second-order valence-corrected chi connectivity index (χ2v) is 8.58. The zero-order valence-electron chi connectivity index (χ0n) is 13.4. The molecule has 1 aromatic carbocycles. The van der Waals surface area contributed by atoms with Crippen LogP contribution in [0.1, 0.15) is 5.89 Å². The van der Waals surface area contributed by atoms with Crippen LogP contribution in [0.2, 0.25) is 10.0 Å². The van der Waals surface area contributed by atoms with Crippen molar-refractivity contribution < 1.29 is 22.5 Å². The quantitative estimate of drug-likeness (QED) is 0.553. The second-order valence-electron chi connectivity index (χ2n) is 5.05. The van der Waals surface area contributed by atoms with Crippen molar-refractivity contribution in [3.8, 4) is 10.7 Å². The molecular formula is C15H11Cl2N3O5S2. The Morgan fingerprint density at radius 1 is 1.26 bits per heavy atom. The average molecular weight is 448 g/mol. The molecule has 142 valence electrons. The first-order valence-electron chi connectivity index (χ1n) is 7.32. The fourth-order valence-corrected chi connectivity index (χ4v) is 3.90. The Bertz CT molecular complexity index is 1050. The number of ether oxygens (including phenoxy) is 1. The number of nitrogens with one attached hydrogen (secondary N) is 1. The van der Waals surface area contributed by atoms with Gasteiger partial charge in [0.1, 0.15) is 6.54 Å². The molecule has 0 unspecified atom stereocenters. The van der Waals surface area contributed by atoms with Crippen molar-refractivity contribution in [1.29, 1.82) is 0 Å². The summed E-state index contributed by atoms with van der Waals surface area (Å²) in [5.41, 5.74) is 0. The predicted octanol–water partition coefficient (Wildman–Crippen LogP) is 3.13. The van der Waals surface area contributed by atoms with Crippen LogP contribution in [0.25, 0.3) is 10.7 Å². The highest BCUT2D eigenvalue weighted by Crippen LogP contribution is 2.24. The number of nitrogens with zero attached hydrogens (tertiary/aromatic N) is 2. The van der Waals surface area contributed by atoms with Crippen molar-refractivity contribution >= 4 is 50.5 Å². The molecule has 0 spiro atoms. The monoisotopic (exact) mass is 447 g/mol. The number of hydrogen-bond acceptors (Lipinski definition) is 8. The Labute approximate surface area is 168 Å². The van der Waals surface area contributed by atoms with E-state index in [2.05, 4.69) is 14.9 Å². The van der Waals surface area contributed by atoms with Gasteiger partial charge in [0.2, 0.25) is 15.8 Å². The smallest absolute Gasteiger partial charge is 0.321 e. The number of aromatic nitrogens is 2. The largest absolute Gasteiger partial charge is 0.455 e. The third-order valence-corrected chi connectivity index (χ3v) is 6.18. The van der Waals surface area contributed by atoms with Crippen molar-refractivity contribution in [2.45, 2.75) is 11.5 Å². The summed E-state index contributed by atoms with van der Waals surface area (Å²) in [7, 11) is -3.95. The molecule has 0 aliphatic carbocycles. The minimum Gasteiger partial charge on any atom is -0.455 e. The van der Waals surface area contributed by atoms with E-state index in [9.17, 15) is 13.2 Å². The summed E-state index contributed by atoms with van der Waals surface area (Å²) in [6.07, 6.45) is 0. The van der Waals surface area contributed by atoms with Crippen molar-refractivity contribution in [2.75, 3.05) is 6.54 Å². The number of hydrogen-bond donors (Lipinski definition) is 1. The average Bonchev–Trinajstić information content (AvgIpc) is 3.31. The van der Waals surface area contributed by atoms with Gasteiger partial charge in [-0.15, -0.1) is 11.3 Å². The fraction of sp³-hybridized carbons (Fsp3) is 0.133. The summed E-state index contributed by atoms with van der Waals surface area (Å²) in [6.45, 7) is -0.847. The van der Waals surface area contributed by atoms with Gasteiger partial charge in [-0.05, 0) is 29.6 Å². The summed E-state index contributed by atoms with van der Waals surface area (Å²) in [5, 5.41) is 5.94. The normalized spacial score (nSPS) is 11.5. The first-order chi connectivity index (χ1) is 12.8. The molecule has 1 N–H and O–H groups in total. The Balaban J connectivity index is 1.53. The predicted molar refractivity (Wildman–Crippen MR) is 99.1 cm³/mol. The maximum Gasteiger partial charge on any atom is 0.321 e. The molecule has 0 atom stereocenters. The molecule has 0 amide bonds. The highest BCUT2D eigenvalue weighted by Gasteiger charge is 2.18. The topological polar surface area (TPSA) is 111 Å². The van der Waals surface area contributed by atoms with E-state index in [1.807, 2.05) is 17.5 Å². The summed E-state index contributed by atoms with van der Waals surface area (Å²) in [4.78, 5) is 16.5. The van der Waals surface area contributed by atoms with E-state index in [1.165, 1.54) is 29.5 Å². The molecular weight excluding hydrogens is 437 g/mol. The van der Waals surface area contributed by atoms with Gasteiger partial charge in [-0.25, -0.2) is 8.42 Å². The van der Waals surface area contributed by atoms with Crippen LogP contribution in [0.15, 0.2) is 45.1 Å². The zero-order valence-corrected chi connectivity index (χ0v) is 16.5. The lowest BCUT2D eigenvalue weighted by molar-refractivity contribution is -0.144. The maximum atomic E-state index is 12.1. The fourth-order valence-electron chi connectivity index (χ4n) is 1.89. The number of thiophene rings is 1.